The van der Waals surface area contributed by atoms with Crippen molar-refractivity contribution in [2.75, 3.05) is 13.1 Å². The molecule has 1 aromatic heterocycles. The van der Waals surface area contributed by atoms with E-state index < -0.39 is 0 Å². The Morgan fingerprint density at radius 3 is 3.07 bits per heavy atom. The third kappa shape index (κ3) is 1.78. The van der Waals surface area contributed by atoms with Crippen LogP contribution in [0.5, 0.6) is 0 Å². The Kier molecular flexibility index (Phi) is 2.79. The molecule has 0 radical (unpaired) electrons. The van der Waals surface area contributed by atoms with Crippen LogP contribution in [-0.4, -0.2) is 33.2 Å². The zero-order valence-electron chi connectivity index (χ0n) is 8.40. The second kappa shape index (κ2) is 4.06. The summed E-state index contributed by atoms with van der Waals surface area (Å²) in [7, 11) is 0. The van der Waals surface area contributed by atoms with Gasteiger partial charge < -0.3 is 10.4 Å². The van der Waals surface area contributed by atoms with E-state index in [1.165, 1.54) is 6.42 Å². The SMILES string of the molecule is Cc1c(CO)nnn1CC1CCNC1. The molecule has 0 saturated carbocycles. The van der Waals surface area contributed by atoms with E-state index in [-0.39, 0.29) is 6.61 Å². The molecule has 5 nitrogen and oxygen atoms in total. The first-order valence-corrected chi connectivity index (χ1v) is 5.02. The first kappa shape index (κ1) is 9.61. The van der Waals surface area contributed by atoms with E-state index in [1.807, 2.05) is 11.6 Å². The smallest absolute Gasteiger partial charge is 0.111 e. The van der Waals surface area contributed by atoms with Crippen molar-refractivity contribution >= 4 is 0 Å². The van der Waals surface area contributed by atoms with E-state index in [0.717, 1.165) is 25.3 Å². The fourth-order valence-corrected chi connectivity index (χ4v) is 1.83. The molecule has 1 aromatic rings. The van der Waals surface area contributed by atoms with Crippen LogP contribution in [0.2, 0.25) is 0 Å². The first-order chi connectivity index (χ1) is 6.81. The van der Waals surface area contributed by atoms with Crippen molar-refractivity contribution in [2.45, 2.75) is 26.5 Å². The highest BCUT2D eigenvalue weighted by Gasteiger charge is 2.17. The van der Waals surface area contributed by atoms with Crippen molar-refractivity contribution in [2.24, 2.45) is 5.92 Å². The van der Waals surface area contributed by atoms with Gasteiger partial charge in [-0.05, 0) is 32.4 Å². The summed E-state index contributed by atoms with van der Waals surface area (Å²) in [6.45, 7) is 5.01. The van der Waals surface area contributed by atoms with Crippen LogP contribution in [0.1, 0.15) is 17.8 Å². The third-order valence-electron chi connectivity index (χ3n) is 2.82. The number of aliphatic hydroxyl groups excluding tert-OH is 1. The Bertz CT molecular complexity index is 304. The molecule has 1 fully saturated rings. The maximum absolute atomic E-state index is 8.96. The van der Waals surface area contributed by atoms with E-state index in [1.54, 1.807) is 0 Å². The number of nitrogens with zero attached hydrogens (tertiary/aromatic N) is 3. The Morgan fingerprint density at radius 2 is 2.50 bits per heavy atom. The minimum atomic E-state index is -0.0191. The second-order valence-corrected chi connectivity index (χ2v) is 3.82. The highest BCUT2D eigenvalue weighted by molar-refractivity contribution is 5.06. The molecule has 2 heterocycles. The summed E-state index contributed by atoms with van der Waals surface area (Å²) in [5.41, 5.74) is 1.68. The molecule has 0 amide bonds. The number of aliphatic hydroxyl groups is 1. The van der Waals surface area contributed by atoms with Crippen molar-refractivity contribution < 1.29 is 5.11 Å². The number of aromatic nitrogens is 3. The zero-order valence-corrected chi connectivity index (χ0v) is 8.40. The van der Waals surface area contributed by atoms with Crippen LogP contribution in [0, 0.1) is 12.8 Å². The van der Waals surface area contributed by atoms with Crippen LogP contribution in [-0.2, 0) is 13.2 Å². The standard InChI is InChI=1S/C9H16N4O/c1-7-9(6-14)11-12-13(7)5-8-2-3-10-4-8/h8,10,14H,2-6H2,1H3. The summed E-state index contributed by atoms with van der Waals surface area (Å²) < 4.78 is 1.89. The van der Waals surface area contributed by atoms with Crippen LogP contribution < -0.4 is 5.32 Å². The molecule has 0 aliphatic carbocycles. The molecule has 1 saturated heterocycles. The summed E-state index contributed by atoms with van der Waals surface area (Å²) in [5.74, 6) is 0.655. The minimum absolute atomic E-state index is 0.0191. The fourth-order valence-electron chi connectivity index (χ4n) is 1.83. The van der Waals surface area contributed by atoms with Crippen molar-refractivity contribution in [3.8, 4) is 0 Å². The van der Waals surface area contributed by atoms with Gasteiger partial charge in [0.2, 0.25) is 0 Å². The maximum atomic E-state index is 8.96. The normalized spacial score (nSPS) is 21.7. The van der Waals surface area contributed by atoms with Gasteiger partial charge in [-0.15, -0.1) is 5.10 Å². The average Bonchev–Trinajstić information content (AvgIpc) is 2.79. The van der Waals surface area contributed by atoms with Crippen LogP contribution in [0.4, 0.5) is 0 Å². The molecule has 14 heavy (non-hydrogen) atoms. The molecule has 1 aliphatic heterocycles. The predicted molar refractivity (Wildman–Crippen MR) is 51.7 cm³/mol. The van der Waals surface area contributed by atoms with Crippen LogP contribution >= 0.6 is 0 Å². The summed E-state index contributed by atoms with van der Waals surface area (Å²) in [4.78, 5) is 0. The van der Waals surface area contributed by atoms with Gasteiger partial charge in [-0.3, -0.25) is 0 Å². The minimum Gasteiger partial charge on any atom is -0.390 e. The Balaban J connectivity index is 2.04. The average molecular weight is 196 g/mol. The molecule has 0 aromatic carbocycles. The van der Waals surface area contributed by atoms with Gasteiger partial charge in [-0.2, -0.15) is 0 Å². The Morgan fingerprint density at radius 1 is 1.64 bits per heavy atom. The van der Waals surface area contributed by atoms with E-state index in [9.17, 15) is 0 Å². The van der Waals surface area contributed by atoms with E-state index in [2.05, 4.69) is 15.6 Å². The Hall–Kier alpha value is -0.940. The lowest BCUT2D eigenvalue weighted by Crippen LogP contribution is -2.16. The van der Waals surface area contributed by atoms with Gasteiger partial charge in [0, 0.05) is 6.54 Å². The van der Waals surface area contributed by atoms with Gasteiger partial charge in [0.1, 0.15) is 5.69 Å². The molecule has 2 N–H and O–H groups in total. The molecule has 1 atom stereocenters. The van der Waals surface area contributed by atoms with E-state index >= 15 is 0 Å². The topological polar surface area (TPSA) is 63.0 Å². The van der Waals surface area contributed by atoms with Crippen LogP contribution in [0.3, 0.4) is 0 Å². The van der Waals surface area contributed by atoms with Gasteiger partial charge in [-0.1, -0.05) is 5.21 Å². The molecular formula is C9H16N4O. The van der Waals surface area contributed by atoms with Crippen molar-refractivity contribution in [1.29, 1.82) is 0 Å². The number of rotatable bonds is 3. The van der Waals surface area contributed by atoms with Gasteiger partial charge >= 0.3 is 0 Å². The highest BCUT2D eigenvalue weighted by atomic mass is 16.3. The lowest BCUT2D eigenvalue weighted by molar-refractivity contribution is 0.275. The summed E-state index contributed by atoms with van der Waals surface area (Å²) in [6.07, 6.45) is 1.20. The first-order valence-electron chi connectivity index (χ1n) is 5.02. The number of hydrogen-bond donors (Lipinski definition) is 2. The van der Waals surface area contributed by atoms with Gasteiger partial charge in [0.05, 0.1) is 12.3 Å². The Labute approximate surface area is 83.1 Å². The van der Waals surface area contributed by atoms with Crippen LogP contribution in [0.15, 0.2) is 0 Å². The van der Waals surface area contributed by atoms with E-state index in [4.69, 9.17) is 5.11 Å². The molecule has 1 aliphatic rings. The zero-order chi connectivity index (χ0) is 9.97. The maximum Gasteiger partial charge on any atom is 0.111 e. The molecular weight excluding hydrogens is 180 g/mol. The monoisotopic (exact) mass is 196 g/mol. The number of nitrogens with one attached hydrogen (secondary N) is 1. The van der Waals surface area contributed by atoms with Crippen LogP contribution in [0.25, 0.3) is 0 Å². The van der Waals surface area contributed by atoms with Gasteiger partial charge in [-0.25, -0.2) is 4.68 Å². The van der Waals surface area contributed by atoms with Crippen molar-refractivity contribution in [3.05, 3.63) is 11.4 Å². The second-order valence-electron chi connectivity index (χ2n) is 3.82. The molecule has 5 heteroatoms. The highest BCUT2D eigenvalue weighted by Crippen LogP contribution is 2.12. The molecule has 1 unspecified atom stereocenters. The van der Waals surface area contributed by atoms with Gasteiger partial charge in [0.15, 0.2) is 0 Å². The molecule has 78 valence electrons. The van der Waals surface area contributed by atoms with Crippen molar-refractivity contribution in [3.63, 3.8) is 0 Å². The lowest BCUT2D eigenvalue weighted by Gasteiger charge is -2.08. The molecule has 0 bridgehead atoms. The largest absolute Gasteiger partial charge is 0.390 e. The predicted octanol–water partition coefficient (Wildman–Crippen LogP) is -0.312. The lowest BCUT2D eigenvalue weighted by atomic mass is 10.1. The number of hydrogen-bond acceptors (Lipinski definition) is 4. The quantitative estimate of drug-likeness (QED) is 0.696. The van der Waals surface area contributed by atoms with Gasteiger partial charge in [0.25, 0.3) is 0 Å². The summed E-state index contributed by atoms with van der Waals surface area (Å²) in [6, 6.07) is 0. The fraction of sp³-hybridized carbons (Fsp3) is 0.778. The third-order valence-corrected chi connectivity index (χ3v) is 2.82. The molecule has 2 rings (SSSR count). The summed E-state index contributed by atoms with van der Waals surface area (Å²) >= 11 is 0. The summed E-state index contributed by atoms with van der Waals surface area (Å²) in [5, 5.41) is 20.2. The van der Waals surface area contributed by atoms with Crippen molar-refractivity contribution in [1.82, 2.24) is 20.3 Å². The molecule has 0 spiro atoms. The van der Waals surface area contributed by atoms with E-state index in [0.29, 0.717) is 11.6 Å².